The van der Waals surface area contributed by atoms with Crippen LogP contribution >= 0.6 is 0 Å². The van der Waals surface area contributed by atoms with Gasteiger partial charge in [0.25, 0.3) is 5.91 Å². The minimum Gasteiger partial charge on any atom is -0.477 e. The average Bonchev–Trinajstić information content (AvgIpc) is 2.80. The SMILES string of the molecule is Cc1ccc(NC(=O)C2CNc3cc(OC(F)(F)F)ccc3O2)c(C#CCN2CCC(N)CC2)c1.[HH]. The molecule has 1 unspecified atom stereocenters. The Morgan fingerprint density at radius 1 is 1.29 bits per heavy atom. The smallest absolute Gasteiger partial charge is 0.477 e. The first-order chi connectivity index (χ1) is 16.7. The van der Waals surface area contributed by atoms with Crippen molar-refractivity contribution in [3.8, 4) is 23.3 Å². The van der Waals surface area contributed by atoms with Crippen LogP contribution in [0, 0.1) is 18.8 Å². The molecule has 0 bridgehead atoms. The molecular weight excluding hydrogens is 461 g/mol. The second-order valence-corrected chi connectivity index (χ2v) is 8.65. The third-order valence-corrected chi connectivity index (χ3v) is 5.82. The number of nitrogens with one attached hydrogen (secondary N) is 2. The Morgan fingerprint density at radius 3 is 2.80 bits per heavy atom. The van der Waals surface area contributed by atoms with Crippen molar-refractivity contribution >= 4 is 17.3 Å². The van der Waals surface area contributed by atoms with Crippen molar-refractivity contribution < 1.29 is 28.9 Å². The Kier molecular flexibility index (Phi) is 7.38. The van der Waals surface area contributed by atoms with Gasteiger partial charge in [0.2, 0.25) is 0 Å². The van der Waals surface area contributed by atoms with Crippen LogP contribution in [0.3, 0.4) is 0 Å². The second kappa shape index (κ2) is 10.5. The molecule has 2 aromatic rings. The van der Waals surface area contributed by atoms with Crippen molar-refractivity contribution in [2.24, 2.45) is 5.73 Å². The van der Waals surface area contributed by atoms with Crippen LogP contribution in [0.15, 0.2) is 36.4 Å². The van der Waals surface area contributed by atoms with Gasteiger partial charge in [0.15, 0.2) is 6.10 Å². The maximum Gasteiger partial charge on any atom is 0.573 e. The molecule has 1 amide bonds. The highest BCUT2D eigenvalue weighted by Crippen LogP contribution is 2.35. The van der Waals surface area contributed by atoms with E-state index in [4.69, 9.17) is 10.5 Å². The first kappa shape index (κ1) is 24.7. The van der Waals surface area contributed by atoms with Gasteiger partial charge in [-0.1, -0.05) is 17.9 Å². The van der Waals surface area contributed by atoms with Crippen molar-refractivity contribution in [3.63, 3.8) is 0 Å². The molecule has 0 radical (unpaired) electrons. The molecule has 2 aromatic carbocycles. The van der Waals surface area contributed by atoms with Crippen molar-refractivity contribution in [2.75, 3.05) is 36.8 Å². The van der Waals surface area contributed by atoms with Gasteiger partial charge < -0.3 is 25.8 Å². The fraction of sp³-hybridized carbons (Fsp3) is 0.400. The van der Waals surface area contributed by atoms with Gasteiger partial charge in [0, 0.05) is 32.2 Å². The number of hydrogen-bond acceptors (Lipinski definition) is 6. The molecule has 2 aliphatic rings. The molecular formula is C25H29F3N4O3. The number of ether oxygens (including phenoxy) is 2. The molecule has 4 N–H and O–H groups in total. The second-order valence-electron chi connectivity index (χ2n) is 8.65. The zero-order valence-electron chi connectivity index (χ0n) is 19.2. The molecule has 1 atom stereocenters. The number of fused-ring (bicyclic) bond motifs is 1. The van der Waals surface area contributed by atoms with E-state index in [-0.39, 0.29) is 25.5 Å². The van der Waals surface area contributed by atoms with Gasteiger partial charge in [-0.3, -0.25) is 9.69 Å². The number of alkyl halides is 3. The van der Waals surface area contributed by atoms with Gasteiger partial charge in [-0.05, 0) is 49.6 Å². The third-order valence-electron chi connectivity index (χ3n) is 5.82. The highest BCUT2D eigenvalue weighted by atomic mass is 19.4. The molecule has 1 saturated heterocycles. The summed E-state index contributed by atoms with van der Waals surface area (Å²) in [5.74, 6) is 5.85. The Balaban J connectivity index is 0.00000361. The van der Waals surface area contributed by atoms with Crippen LogP contribution in [0.5, 0.6) is 11.5 Å². The lowest BCUT2D eigenvalue weighted by Crippen LogP contribution is -2.41. The van der Waals surface area contributed by atoms with Crippen LogP contribution in [0.1, 0.15) is 25.4 Å². The number of nitrogens with two attached hydrogens (primary N) is 1. The lowest BCUT2D eigenvalue weighted by Gasteiger charge is -2.28. The van der Waals surface area contributed by atoms with Crippen LogP contribution in [0.4, 0.5) is 24.5 Å². The Bertz CT molecular complexity index is 1140. The van der Waals surface area contributed by atoms with Gasteiger partial charge in [-0.2, -0.15) is 0 Å². The lowest BCUT2D eigenvalue weighted by atomic mass is 10.1. The number of rotatable bonds is 4. The zero-order valence-corrected chi connectivity index (χ0v) is 19.2. The molecule has 4 rings (SSSR count). The number of aryl methyl sites for hydroxylation is 1. The Morgan fingerprint density at radius 2 is 2.06 bits per heavy atom. The number of halogens is 3. The molecule has 35 heavy (non-hydrogen) atoms. The predicted molar refractivity (Wildman–Crippen MR) is 128 cm³/mol. The number of carbonyl (C=O) groups excluding carboxylic acids is 1. The monoisotopic (exact) mass is 490 g/mol. The highest BCUT2D eigenvalue weighted by Gasteiger charge is 2.32. The first-order valence-corrected chi connectivity index (χ1v) is 11.3. The Labute approximate surface area is 203 Å². The summed E-state index contributed by atoms with van der Waals surface area (Å²) in [4.78, 5) is 15.2. The van der Waals surface area contributed by atoms with Crippen molar-refractivity contribution in [1.29, 1.82) is 0 Å². The number of amides is 1. The van der Waals surface area contributed by atoms with Crippen molar-refractivity contribution in [1.82, 2.24) is 4.90 Å². The highest BCUT2D eigenvalue weighted by molar-refractivity contribution is 5.96. The summed E-state index contributed by atoms with van der Waals surface area (Å²) < 4.78 is 47.0. The number of anilines is 2. The molecule has 0 aliphatic carbocycles. The molecule has 0 spiro atoms. The topological polar surface area (TPSA) is 88.9 Å². The third kappa shape index (κ3) is 6.81. The lowest BCUT2D eigenvalue weighted by molar-refractivity contribution is -0.274. The summed E-state index contributed by atoms with van der Waals surface area (Å²) in [5.41, 5.74) is 8.55. The van der Waals surface area contributed by atoms with Gasteiger partial charge in [-0.15, -0.1) is 13.2 Å². The standard InChI is InChI=1S/C25H27F3N4O3.H2/c1-16-4-6-20(17(13-16)3-2-10-32-11-8-18(29)9-12-32)31-24(33)23-15-30-21-14-19(35-25(26,27)28)5-7-22(21)34-23;/h4-7,13-14,18,23,30H,8-12,15,29H2,1H3,(H,31,33);1H. The van der Waals surface area contributed by atoms with Gasteiger partial charge in [-0.25, -0.2) is 0 Å². The van der Waals surface area contributed by atoms with E-state index in [0.29, 0.717) is 23.5 Å². The molecule has 7 nitrogen and oxygen atoms in total. The largest absolute Gasteiger partial charge is 0.573 e. The van der Waals surface area contributed by atoms with Crippen molar-refractivity contribution in [2.45, 2.75) is 38.3 Å². The number of nitrogens with zero attached hydrogens (tertiary/aromatic N) is 1. The molecule has 0 saturated carbocycles. The molecule has 188 valence electrons. The summed E-state index contributed by atoms with van der Waals surface area (Å²) in [6.45, 7) is 4.50. The molecule has 0 aromatic heterocycles. The first-order valence-electron chi connectivity index (χ1n) is 11.3. The van der Waals surface area contributed by atoms with E-state index in [9.17, 15) is 18.0 Å². The number of benzene rings is 2. The van der Waals surface area contributed by atoms with E-state index in [2.05, 4.69) is 32.1 Å². The van der Waals surface area contributed by atoms with E-state index < -0.39 is 18.4 Å². The molecule has 1 fully saturated rings. The summed E-state index contributed by atoms with van der Waals surface area (Å²) in [6, 6.07) is 9.49. The average molecular weight is 491 g/mol. The predicted octanol–water partition coefficient (Wildman–Crippen LogP) is 3.73. The van der Waals surface area contributed by atoms with Crippen LogP contribution in [0.25, 0.3) is 0 Å². The summed E-state index contributed by atoms with van der Waals surface area (Å²) in [7, 11) is 0. The molecule has 2 aliphatic heterocycles. The summed E-state index contributed by atoms with van der Waals surface area (Å²) >= 11 is 0. The molecule has 2 heterocycles. The van der Waals surface area contributed by atoms with E-state index >= 15 is 0 Å². The fourth-order valence-electron chi connectivity index (χ4n) is 3.93. The number of hydrogen-bond donors (Lipinski definition) is 3. The van der Waals surface area contributed by atoms with E-state index in [1.807, 2.05) is 19.1 Å². The maximum absolute atomic E-state index is 12.9. The maximum atomic E-state index is 12.9. The van der Waals surface area contributed by atoms with E-state index in [0.717, 1.165) is 37.6 Å². The Hall–Kier alpha value is -3.42. The minimum absolute atomic E-state index is 0. The van der Waals surface area contributed by atoms with E-state index in [1.165, 1.54) is 12.1 Å². The van der Waals surface area contributed by atoms with Crippen LogP contribution in [0.2, 0.25) is 0 Å². The zero-order chi connectivity index (χ0) is 25.0. The van der Waals surface area contributed by atoms with Crippen molar-refractivity contribution in [3.05, 3.63) is 47.5 Å². The van der Waals surface area contributed by atoms with E-state index in [1.54, 1.807) is 6.07 Å². The quantitative estimate of drug-likeness (QED) is 0.566. The number of piperidine rings is 1. The number of carbonyl (C=O) groups is 1. The van der Waals surface area contributed by atoms with Crippen LogP contribution < -0.4 is 25.8 Å². The van der Waals surface area contributed by atoms with Gasteiger partial charge >= 0.3 is 6.36 Å². The fourth-order valence-corrected chi connectivity index (χ4v) is 3.93. The van der Waals surface area contributed by atoms with Crippen LogP contribution in [-0.2, 0) is 4.79 Å². The minimum atomic E-state index is -4.79. The van der Waals surface area contributed by atoms with Gasteiger partial charge in [0.05, 0.1) is 24.5 Å². The molecule has 10 heteroatoms. The normalized spacial score (nSPS) is 18.4. The summed E-state index contributed by atoms with van der Waals surface area (Å²) in [5, 5.41) is 5.79. The van der Waals surface area contributed by atoms with Crippen LogP contribution in [-0.4, -0.2) is 55.5 Å². The number of likely N-dealkylation sites (tertiary alicyclic amines) is 1. The van der Waals surface area contributed by atoms with Gasteiger partial charge in [0.1, 0.15) is 11.5 Å². The summed E-state index contributed by atoms with van der Waals surface area (Å²) in [6.07, 6.45) is -3.75.